The minimum absolute atomic E-state index is 0.448. The molecule has 1 saturated heterocycles. The van der Waals surface area contributed by atoms with Crippen molar-refractivity contribution in [3.05, 3.63) is 0 Å². The molecule has 1 rings (SSSR count). The summed E-state index contributed by atoms with van der Waals surface area (Å²) < 4.78 is 21.6. The second-order valence-electron chi connectivity index (χ2n) is 3.05. The first kappa shape index (κ1) is 10.4. The lowest BCUT2D eigenvalue weighted by molar-refractivity contribution is -0.142. The van der Waals surface area contributed by atoms with Crippen molar-refractivity contribution in [2.45, 2.75) is 18.9 Å². The standard InChI is InChI=1S/C6H12N2O4S/c1-13(11,12)7-8-4-2-3-5(8)6(9)10/h5,7H,2-4H2,1H3,(H,9,10). The highest BCUT2D eigenvalue weighted by Gasteiger charge is 2.31. The average molecular weight is 208 g/mol. The maximum Gasteiger partial charge on any atom is 0.322 e. The average Bonchev–Trinajstić information content (AvgIpc) is 2.31. The van der Waals surface area contributed by atoms with E-state index in [1.54, 1.807) is 0 Å². The van der Waals surface area contributed by atoms with E-state index in [1.807, 2.05) is 0 Å². The number of nitrogens with zero attached hydrogens (tertiary/aromatic N) is 1. The zero-order valence-electron chi connectivity index (χ0n) is 7.23. The van der Waals surface area contributed by atoms with Gasteiger partial charge < -0.3 is 5.11 Å². The van der Waals surface area contributed by atoms with E-state index < -0.39 is 22.0 Å². The van der Waals surface area contributed by atoms with Crippen LogP contribution in [0.15, 0.2) is 0 Å². The Bertz CT molecular complexity index is 300. The van der Waals surface area contributed by atoms with Crippen molar-refractivity contribution in [2.75, 3.05) is 12.8 Å². The normalized spacial score (nSPS) is 24.8. The summed E-state index contributed by atoms with van der Waals surface area (Å²) in [5, 5.41) is 9.95. The van der Waals surface area contributed by atoms with Crippen LogP contribution in [0.25, 0.3) is 0 Å². The molecule has 0 radical (unpaired) electrons. The Balaban J connectivity index is 2.64. The van der Waals surface area contributed by atoms with E-state index in [4.69, 9.17) is 5.11 Å². The second kappa shape index (κ2) is 3.60. The van der Waals surface area contributed by atoms with Crippen LogP contribution in [-0.4, -0.2) is 43.3 Å². The Labute approximate surface area is 76.6 Å². The first-order chi connectivity index (χ1) is 5.90. The first-order valence-electron chi connectivity index (χ1n) is 3.87. The van der Waals surface area contributed by atoms with E-state index in [0.717, 1.165) is 6.26 Å². The van der Waals surface area contributed by atoms with Gasteiger partial charge in [0.15, 0.2) is 0 Å². The summed E-state index contributed by atoms with van der Waals surface area (Å²) in [7, 11) is -3.36. The molecule has 0 amide bonds. The lowest BCUT2D eigenvalue weighted by atomic mass is 10.2. The molecule has 0 spiro atoms. The van der Waals surface area contributed by atoms with Crippen molar-refractivity contribution < 1.29 is 18.3 Å². The summed E-state index contributed by atoms with van der Waals surface area (Å²) >= 11 is 0. The molecule has 1 heterocycles. The van der Waals surface area contributed by atoms with E-state index in [2.05, 4.69) is 4.83 Å². The van der Waals surface area contributed by atoms with Crippen molar-refractivity contribution in [2.24, 2.45) is 0 Å². The molecule has 1 aliphatic rings. The van der Waals surface area contributed by atoms with Crippen molar-refractivity contribution in [1.29, 1.82) is 0 Å². The van der Waals surface area contributed by atoms with Crippen LogP contribution in [0.3, 0.4) is 0 Å². The van der Waals surface area contributed by atoms with Crippen LogP contribution in [-0.2, 0) is 14.8 Å². The molecule has 0 bridgehead atoms. The topological polar surface area (TPSA) is 86.7 Å². The van der Waals surface area contributed by atoms with Gasteiger partial charge in [-0.2, -0.15) is 0 Å². The number of sulfonamides is 1. The summed E-state index contributed by atoms with van der Waals surface area (Å²) in [6.45, 7) is 0.448. The SMILES string of the molecule is CS(=O)(=O)NN1CCCC1C(=O)O. The van der Waals surface area contributed by atoms with E-state index in [-0.39, 0.29) is 0 Å². The van der Waals surface area contributed by atoms with Crippen molar-refractivity contribution in [3.63, 3.8) is 0 Å². The molecule has 7 heteroatoms. The number of aliphatic carboxylic acids is 1. The summed E-state index contributed by atoms with van der Waals surface area (Å²) in [5.74, 6) is -0.992. The van der Waals surface area contributed by atoms with E-state index in [0.29, 0.717) is 19.4 Å². The molecule has 1 atom stereocenters. The maximum absolute atomic E-state index is 10.8. The van der Waals surface area contributed by atoms with Crippen LogP contribution in [0.5, 0.6) is 0 Å². The quantitative estimate of drug-likeness (QED) is 0.621. The number of carboxylic acids is 1. The number of hydrazine groups is 1. The molecule has 6 nitrogen and oxygen atoms in total. The Morgan fingerprint density at radius 2 is 2.23 bits per heavy atom. The smallest absolute Gasteiger partial charge is 0.322 e. The maximum atomic E-state index is 10.8. The van der Waals surface area contributed by atoms with E-state index in [9.17, 15) is 13.2 Å². The number of rotatable bonds is 3. The Kier molecular flexibility index (Phi) is 2.89. The van der Waals surface area contributed by atoms with Gasteiger partial charge in [0.1, 0.15) is 6.04 Å². The third-order valence-electron chi connectivity index (χ3n) is 1.82. The third-order valence-corrected chi connectivity index (χ3v) is 2.39. The highest BCUT2D eigenvalue weighted by molar-refractivity contribution is 7.88. The highest BCUT2D eigenvalue weighted by Crippen LogP contribution is 2.14. The summed E-state index contributed by atoms with van der Waals surface area (Å²) in [4.78, 5) is 12.8. The fourth-order valence-corrected chi connectivity index (χ4v) is 1.99. The number of carboxylic acid groups (broad SMARTS) is 1. The molecular weight excluding hydrogens is 196 g/mol. The molecule has 0 aromatic heterocycles. The number of nitrogens with one attached hydrogen (secondary N) is 1. The number of carbonyl (C=O) groups is 1. The van der Waals surface area contributed by atoms with Gasteiger partial charge in [-0.3, -0.25) is 4.79 Å². The van der Waals surface area contributed by atoms with E-state index >= 15 is 0 Å². The Morgan fingerprint density at radius 3 is 2.69 bits per heavy atom. The van der Waals surface area contributed by atoms with Gasteiger partial charge in [0, 0.05) is 6.54 Å². The molecule has 76 valence electrons. The molecular formula is C6H12N2O4S. The van der Waals surface area contributed by atoms with Gasteiger partial charge in [-0.25, -0.2) is 13.4 Å². The largest absolute Gasteiger partial charge is 0.480 e. The highest BCUT2D eigenvalue weighted by atomic mass is 32.2. The van der Waals surface area contributed by atoms with Crippen molar-refractivity contribution in [3.8, 4) is 0 Å². The molecule has 0 aliphatic carbocycles. The van der Waals surface area contributed by atoms with E-state index in [1.165, 1.54) is 5.01 Å². The minimum atomic E-state index is -3.36. The fraction of sp³-hybridized carbons (Fsp3) is 0.833. The second-order valence-corrected chi connectivity index (χ2v) is 4.78. The lowest BCUT2D eigenvalue weighted by Gasteiger charge is -2.20. The molecule has 1 unspecified atom stereocenters. The first-order valence-corrected chi connectivity index (χ1v) is 5.76. The van der Waals surface area contributed by atoms with Gasteiger partial charge >= 0.3 is 5.97 Å². The van der Waals surface area contributed by atoms with Crippen LogP contribution in [0, 0.1) is 0 Å². The van der Waals surface area contributed by atoms with Gasteiger partial charge in [0.2, 0.25) is 10.0 Å². The monoisotopic (exact) mass is 208 g/mol. The predicted molar refractivity (Wildman–Crippen MR) is 45.3 cm³/mol. The number of hydrogen-bond acceptors (Lipinski definition) is 4. The summed E-state index contributed by atoms with van der Waals surface area (Å²) in [5.41, 5.74) is 0. The predicted octanol–water partition coefficient (Wildman–Crippen LogP) is -1.00. The molecule has 0 saturated carbocycles. The fourth-order valence-electron chi connectivity index (χ4n) is 1.35. The number of hydrogen-bond donors (Lipinski definition) is 2. The van der Waals surface area contributed by atoms with Gasteiger partial charge in [-0.15, -0.1) is 4.83 Å². The van der Waals surface area contributed by atoms with Crippen LogP contribution < -0.4 is 4.83 Å². The molecule has 13 heavy (non-hydrogen) atoms. The van der Waals surface area contributed by atoms with Crippen molar-refractivity contribution >= 4 is 16.0 Å². The van der Waals surface area contributed by atoms with Crippen LogP contribution in [0.4, 0.5) is 0 Å². The molecule has 1 aliphatic heterocycles. The van der Waals surface area contributed by atoms with Crippen LogP contribution in [0.2, 0.25) is 0 Å². The van der Waals surface area contributed by atoms with Gasteiger partial charge in [0.25, 0.3) is 0 Å². The Hall–Kier alpha value is -0.660. The van der Waals surface area contributed by atoms with Crippen LogP contribution >= 0.6 is 0 Å². The zero-order chi connectivity index (χ0) is 10.1. The third kappa shape index (κ3) is 2.94. The summed E-state index contributed by atoms with van der Waals surface area (Å²) in [6.07, 6.45) is 2.18. The minimum Gasteiger partial charge on any atom is -0.480 e. The lowest BCUT2D eigenvalue weighted by Crippen LogP contribution is -2.47. The van der Waals surface area contributed by atoms with Crippen molar-refractivity contribution in [1.82, 2.24) is 9.84 Å². The van der Waals surface area contributed by atoms with Crippen LogP contribution in [0.1, 0.15) is 12.8 Å². The Morgan fingerprint density at radius 1 is 1.62 bits per heavy atom. The van der Waals surface area contributed by atoms with Gasteiger partial charge in [-0.05, 0) is 12.8 Å². The molecule has 0 aromatic carbocycles. The molecule has 0 aromatic rings. The molecule has 2 N–H and O–H groups in total. The van der Waals surface area contributed by atoms with Gasteiger partial charge in [-0.1, -0.05) is 0 Å². The summed E-state index contributed by atoms with van der Waals surface area (Å²) in [6, 6.07) is -0.727. The molecule has 1 fully saturated rings. The zero-order valence-corrected chi connectivity index (χ0v) is 8.04. The van der Waals surface area contributed by atoms with Gasteiger partial charge in [0.05, 0.1) is 6.26 Å².